The second-order valence-electron chi connectivity index (χ2n) is 14.3. The first-order valence-corrected chi connectivity index (χ1v) is 22.2. The molecule has 63 heavy (non-hydrogen) atoms. The first kappa shape index (κ1) is 43.6. The van der Waals surface area contributed by atoms with Crippen molar-refractivity contribution in [2.75, 3.05) is 95.3 Å². The molecular formula is C44H46N8O9S2. The Morgan fingerprint density at radius 2 is 1.17 bits per heavy atom. The number of para-hydroxylation sites is 2. The van der Waals surface area contributed by atoms with Gasteiger partial charge < -0.3 is 45.3 Å². The molecule has 5 N–H and O–H groups in total. The van der Waals surface area contributed by atoms with E-state index < -0.39 is 11.9 Å². The van der Waals surface area contributed by atoms with E-state index in [9.17, 15) is 19.2 Å². The number of esters is 1. The molecule has 2 saturated heterocycles. The first-order chi connectivity index (χ1) is 30.8. The lowest BCUT2D eigenvalue weighted by molar-refractivity contribution is 0.0527. The van der Waals surface area contributed by atoms with Gasteiger partial charge in [0.25, 0.3) is 5.91 Å². The number of aliphatic hydroxyl groups is 2. The van der Waals surface area contributed by atoms with Gasteiger partial charge in [-0.3, -0.25) is 23.2 Å². The van der Waals surface area contributed by atoms with Crippen molar-refractivity contribution in [1.82, 2.24) is 24.1 Å². The minimum Gasteiger partial charge on any atom is -0.462 e. The Kier molecular flexibility index (Phi) is 13.5. The van der Waals surface area contributed by atoms with Crippen LogP contribution in [0.2, 0.25) is 0 Å². The number of rotatable bonds is 8. The van der Waals surface area contributed by atoms with Crippen molar-refractivity contribution in [2.24, 2.45) is 5.73 Å². The van der Waals surface area contributed by atoms with E-state index in [4.69, 9.17) is 40.1 Å². The molecule has 8 heterocycles. The average Bonchev–Trinajstić information content (AvgIpc) is 3.91. The van der Waals surface area contributed by atoms with Gasteiger partial charge in [-0.1, -0.05) is 24.3 Å². The third-order valence-corrected chi connectivity index (χ3v) is 12.7. The minimum absolute atomic E-state index is 0.0708. The van der Waals surface area contributed by atoms with Crippen molar-refractivity contribution in [3.8, 4) is 0 Å². The van der Waals surface area contributed by atoms with Crippen molar-refractivity contribution in [2.45, 2.75) is 6.92 Å². The normalized spacial score (nSPS) is 14.2. The van der Waals surface area contributed by atoms with Crippen LogP contribution in [0.25, 0.3) is 52.2 Å². The highest BCUT2D eigenvalue weighted by Gasteiger charge is 2.26. The molecule has 0 spiro atoms. The van der Waals surface area contributed by atoms with Crippen LogP contribution in [-0.4, -0.2) is 126 Å². The standard InChI is InChI=1S/C21H20N4O4S.C21H19N3O4S.C2H7NO/c26-10-7-22-20(28)17-18(27)13-5-6-16(24-8-11-29-12-9-24)23-19(13)25-14-3-1-2-4-15(14)30-21(17)25;1-2-28-21(26)17-18(25)13-7-8-16(23-9-11-27-12-10-23)22-19(13)24-14-5-3-4-6-15(14)29-20(17)24;3-1-2-4/h1-6,26H,7-12H2,(H,22,28);3-8H,2,9-12H2,1H3;4H,1-3H2. The van der Waals surface area contributed by atoms with Crippen molar-refractivity contribution in [3.63, 3.8) is 0 Å². The number of hydrogen-bond acceptors (Lipinski definition) is 16. The molecule has 2 fully saturated rings. The molecule has 0 bridgehead atoms. The van der Waals surface area contributed by atoms with Crippen molar-refractivity contribution < 1.29 is 34.0 Å². The zero-order valence-corrected chi connectivity index (χ0v) is 36.1. The van der Waals surface area contributed by atoms with Crippen LogP contribution in [0.4, 0.5) is 11.6 Å². The number of ether oxygens (including phenoxy) is 3. The lowest BCUT2D eigenvalue weighted by atomic mass is 10.1. The molecule has 6 aromatic heterocycles. The molecule has 2 aliphatic rings. The van der Waals surface area contributed by atoms with Gasteiger partial charge in [0.15, 0.2) is 11.3 Å². The smallest absolute Gasteiger partial charge is 0.345 e. The van der Waals surface area contributed by atoms with Gasteiger partial charge in [0.05, 0.1) is 77.5 Å². The van der Waals surface area contributed by atoms with Crippen LogP contribution < -0.4 is 31.7 Å². The summed E-state index contributed by atoms with van der Waals surface area (Å²) in [6.45, 7) is 7.87. The second kappa shape index (κ2) is 19.5. The Labute approximate surface area is 367 Å². The first-order valence-electron chi connectivity index (χ1n) is 20.6. The lowest BCUT2D eigenvalue weighted by Crippen LogP contribution is -2.37. The van der Waals surface area contributed by atoms with Gasteiger partial charge in [0.2, 0.25) is 10.9 Å². The summed E-state index contributed by atoms with van der Waals surface area (Å²) < 4.78 is 21.8. The molecule has 2 aromatic carbocycles. The van der Waals surface area contributed by atoms with Crippen LogP contribution >= 0.6 is 22.7 Å². The van der Waals surface area contributed by atoms with Crippen LogP contribution in [0, 0.1) is 0 Å². The van der Waals surface area contributed by atoms with E-state index in [0.717, 1.165) is 58.2 Å². The molecule has 10 rings (SSSR count). The summed E-state index contributed by atoms with van der Waals surface area (Å²) in [4.78, 5) is 67.1. The maximum Gasteiger partial charge on any atom is 0.345 e. The number of benzene rings is 2. The Hall–Kier alpha value is -6.06. The summed E-state index contributed by atoms with van der Waals surface area (Å²) in [5.74, 6) is 0.498. The van der Waals surface area contributed by atoms with Gasteiger partial charge in [-0.05, 0) is 55.5 Å². The van der Waals surface area contributed by atoms with E-state index in [-0.39, 0.29) is 48.3 Å². The number of aromatic nitrogens is 4. The molecule has 1 amide bonds. The van der Waals surface area contributed by atoms with Crippen molar-refractivity contribution in [1.29, 1.82) is 0 Å². The van der Waals surface area contributed by atoms with E-state index in [0.29, 0.717) is 64.7 Å². The second-order valence-corrected chi connectivity index (χ2v) is 16.4. The lowest BCUT2D eigenvalue weighted by Gasteiger charge is -2.27. The van der Waals surface area contributed by atoms with Crippen LogP contribution in [0.5, 0.6) is 0 Å². The number of morpholine rings is 2. The number of nitrogens with zero attached hydrogens (tertiary/aromatic N) is 6. The zero-order chi connectivity index (χ0) is 44.0. The van der Waals surface area contributed by atoms with Crippen LogP contribution in [0.15, 0.2) is 82.4 Å². The van der Waals surface area contributed by atoms with Gasteiger partial charge in [-0.15, -0.1) is 22.7 Å². The number of carbonyl (C=O) groups excluding carboxylic acids is 2. The number of nitrogens with two attached hydrogens (primary N) is 1. The Balaban J connectivity index is 0.000000160. The number of fused-ring (bicyclic) bond motifs is 10. The number of amides is 1. The molecule has 0 radical (unpaired) electrons. The van der Waals surface area contributed by atoms with Crippen molar-refractivity contribution >= 4 is 98.3 Å². The predicted octanol–water partition coefficient (Wildman–Crippen LogP) is 3.63. The minimum atomic E-state index is -0.597. The Morgan fingerprint density at radius 3 is 1.63 bits per heavy atom. The fourth-order valence-corrected chi connectivity index (χ4v) is 9.89. The zero-order valence-electron chi connectivity index (χ0n) is 34.4. The van der Waals surface area contributed by atoms with E-state index >= 15 is 0 Å². The summed E-state index contributed by atoms with van der Waals surface area (Å²) in [5.41, 5.74) is 7.13. The molecule has 328 valence electrons. The number of carbonyl (C=O) groups is 2. The van der Waals surface area contributed by atoms with E-state index in [1.54, 1.807) is 19.1 Å². The molecule has 8 aromatic rings. The van der Waals surface area contributed by atoms with Gasteiger partial charge in [0.1, 0.15) is 32.4 Å². The van der Waals surface area contributed by atoms with Gasteiger partial charge in [-0.25, -0.2) is 14.8 Å². The summed E-state index contributed by atoms with van der Waals surface area (Å²) in [6.07, 6.45) is 0. The Bertz CT molecular complexity index is 3080. The third-order valence-electron chi connectivity index (χ3n) is 10.5. The number of aliphatic hydroxyl groups excluding tert-OH is 2. The molecule has 0 aliphatic carbocycles. The number of anilines is 2. The molecule has 19 heteroatoms. The van der Waals surface area contributed by atoms with Gasteiger partial charge in [0, 0.05) is 39.3 Å². The topological polar surface area (TPSA) is 216 Å². The SMILES string of the molecule is CCOC(=O)c1c(=O)c2ccc(N3CCOCC3)nc2n2c1sc1ccccc12.NCCO.O=C(NCCO)c1c(=O)c2ccc(N3CCOCC3)nc2n2c1sc1ccccc12. The van der Waals surface area contributed by atoms with E-state index in [1.807, 2.05) is 69.5 Å². The highest BCUT2D eigenvalue weighted by atomic mass is 32.1. The third kappa shape index (κ3) is 8.55. The quantitative estimate of drug-likeness (QED) is 0.160. The van der Waals surface area contributed by atoms with Crippen LogP contribution in [0.3, 0.4) is 0 Å². The molecule has 0 unspecified atom stereocenters. The largest absolute Gasteiger partial charge is 0.462 e. The van der Waals surface area contributed by atoms with Crippen molar-refractivity contribution in [3.05, 3.63) is 104 Å². The summed E-state index contributed by atoms with van der Waals surface area (Å²) in [6, 6.07) is 22.8. The predicted molar refractivity (Wildman–Crippen MR) is 246 cm³/mol. The highest BCUT2D eigenvalue weighted by molar-refractivity contribution is 7.24. The highest BCUT2D eigenvalue weighted by Crippen LogP contribution is 2.33. The fraction of sp³-hybridized carbons (Fsp3) is 0.318. The average molecular weight is 895 g/mol. The van der Waals surface area contributed by atoms with Crippen LogP contribution in [0.1, 0.15) is 27.6 Å². The number of thiazole rings is 2. The number of nitrogens with one attached hydrogen (secondary N) is 1. The van der Waals surface area contributed by atoms with Gasteiger partial charge in [-0.2, -0.15) is 0 Å². The molecular weight excluding hydrogens is 849 g/mol. The monoisotopic (exact) mass is 894 g/mol. The van der Waals surface area contributed by atoms with E-state index in [1.165, 1.54) is 22.7 Å². The molecule has 2 aliphatic heterocycles. The summed E-state index contributed by atoms with van der Waals surface area (Å²) >= 11 is 2.79. The van der Waals surface area contributed by atoms with Crippen LogP contribution in [-0.2, 0) is 14.2 Å². The molecule has 0 saturated carbocycles. The Morgan fingerprint density at radius 1 is 0.714 bits per heavy atom. The maximum atomic E-state index is 13.3. The summed E-state index contributed by atoms with van der Waals surface area (Å²) in [5, 5.41) is 20.2. The number of pyridine rings is 4. The van der Waals surface area contributed by atoms with E-state index in [2.05, 4.69) is 15.1 Å². The maximum absolute atomic E-state index is 13.3. The molecule has 0 atom stereocenters. The summed E-state index contributed by atoms with van der Waals surface area (Å²) in [7, 11) is 0. The molecule has 17 nitrogen and oxygen atoms in total. The van der Waals surface area contributed by atoms with Gasteiger partial charge >= 0.3 is 5.97 Å². The fourth-order valence-electron chi connectivity index (χ4n) is 7.54. The number of hydrogen-bond donors (Lipinski definition) is 4.